The Kier molecular flexibility index (Phi) is 9.62. The van der Waals surface area contributed by atoms with E-state index in [2.05, 4.69) is 24.5 Å². The van der Waals surface area contributed by atoms with Gasteiger partial charge in [0.25, 0.3) is 0 Å². The summed E-state index contributed by atoms with van der Waals surface area (Å²) in [6.07, 6.45) is 4.56. The second-order valence-corrected chi connectivity index (χ2v) is 6.03. The van der Waals surface area contributed by atoms with Crippen LogP contribution in [0.15, 0.2) is 6.08 Å². The van der Waals surface area contributed by atoms with Crippen molar-refractivity contribution in [3.05, 3.63) is 12.7 Å². The summed E-state index contributed by atoms with van der Waals surface area (Å²) in [7, 11) is 0. The Balaban J connectivity index is 0.00000400. The van der Waals surface area contributed by atoms with Crippen LogP contribution < -0.4 is 10.6 Å². The van der Waals surface area contributed by atoms with Crippen molar-refractivity contribution in [3.8, 4) is 0 Å². The molecule has 3 atom stereocenters. The van der Waals surface area contributed by atoms with Crippen molar-refractivity contribution < 1.29 is 26.4 Å². The first-order valence-electron chi connectivity index (χ1n) is 7.60. The largest absolute Gasteiger partial charge is 0.518 e. The third-order valence-electron chi connectivity index (χ3n) is 3.88. The van der Waals surface area contributed by atoms with Crippen LogP contribution in [0.25, 0.3) is 0 Å². The van der Waals surface area contributed by atoms with E-state index in [0.717, 1.165) is 19.4 Å². The third kappa shape index (κ3) is 6.65. The maximum absolute atomic E-state index is 11.7. The second kappa shape index (κ2) is 10.0. The van der Waals surface area contributed by atoms with E-state index in [4.69, 9.17) is 6.58 Å². The Morgan fingerprint density at radius 1 is 1.52 bits per heavy atom. The molecule has 1 aliphatic heterocycles. The van der Waals surface area contributed by atoms with Gasteiger partial charge in [-0.25, -0.2) is 0 Å². The summed E-state index contributed by atoms with van der Waals surface area (Å²) in [6.45, 7) is 12.6. The number of carbonyl (C=O) groups is 2. The minimum atomic E-state index is 0. The molecule has 0 saturated carbocycles. The van der Waals surface area contributed by atoms with Gasteiger partial charge in [0.1, 0.15) is 0 Å². The van der Waals surface area contributed by atoms with Crippen LogP contribution in [-0.2, 0) is 26.4 Å². The minimum Gasteiger partial charge on any atom is -0.518 e. The van der Waals surface area contributed by atoms with Crippen LogP contribution in [0.2, 0.25) is 0 Å². The zero-order valence-corrected chi connectivity index (χ0v) is 14.2. The van der Waals surface area contributed by atoms with Crippen molar-refractivity contribution in [2.24, 2.45) is 17.8 Å². The molecule has 21 heavy (non-hydrogen) atoms. The molecule has 0 unspecified atom stereocenters. The van der Waals surface area contributed by atoms with Crippen LogP contribution in [0.5, 0.6) is 0 Å². The number of hydrogen-bond donors (Lipinski definition) is 2. The zero-order valence-electron chi connectivity index (χ0n) is 13.1. The predicted octanol–water partition coefficient (Wildman–Crippen LogP) is 2.06. The number of hydrogen-bond acceptors (Lipinski definition) is 2. The summed E-state index contributed by atoms with van der Waals surface area (Å²) in [5.74, 6) is 0.687. The Morgan fingerprint density at radius 2 is 2.19 bits per heavy atom. The fraction of sp³-hybridized carbons (Fsp3) is 0.750. The van der Waals surface area contributed by atoms with Crippen LogP contribution in [-0.4, -0.2) is 24.4 Å². The fourth-order valence-electron chi connectivity index (χ4n) is 2.73. The molecule has 1 radical (unpaired) electrons. The van der Waals surface area contributed by atoms with Gasteiger partial charge in [0.05, 0.1) is 0 Å². The molecule has 0 aromatic heterocycles. The Morgan fingerprint density at radius 3 is 2.62 bits per heavy atom. The van der Waals surface area contributed by atoms with Gasteiger partial charge in [-0.05, 0) is 31.1 Å². The van der Waals surface area contributed by atoms with Gasteiger partial charge in [0.15, 0.2) is 0 Å². The van der Waals surface area contributed by atoms with E-state index in [1.54, 1.807) is 6.08 Å². The normalized spacial score (nSPS) is 20.4. The average molecular weight is 338 g/mol. The van der Waals surface area contributed by atoms with Crippen LogP contribution in [0.3, 0.4) is 0 Å². The minimum absolute atomic E-state index is 0. The van der Waals surface area contributed by atoms with Crippen molar-refractivity contribution in [3.63, 3.8) is 0 Å². The molecule has 0 aromatic carbocycles. The molecule has 5 heteroatoms. The molecule has 0 spiro atoms. The van der Waals surface area contributed by atoms with Gasteiger partial charge >= 0.3 is 0 Å². The van der Waals surface area contributed by atoms with E-state index in [1.165, 1.54) is 0 Å². The molecule has 1 heterocycles. The molecule has 1 rings (SSSR count). The van der Waals surface area contributed by atoms with Gasteiger partial charge in [-0.1, -0.05) is 20.8 Å². The van der Waals surface area contributed by atoms with Crippen LogP contribution in [0.1, 0.15) is 46.5 Å². The van der Waals surface area contributed by atoms with E-state index in [-0.39, 0.29) is 46.5 Å². The average Bonchev–Trinajstić information content (AvgIpc) is 2.79. The van der Waals surface area contributed by atoms with E-state index < -0.39 is 0 Å². The molecule has 0 bridgehead atoms. The molecule has 1 fully saturated rings. The number of amides is 2. The van der Waals surface area contributed by atoms with Crippen LogP contribution in [0, 0.1) is 24.3 Å². The van der Waals surface area contributed by atoms with Crippen molar-refractivity contribution in [2.45, 2.75) is 52.5 Å². The van der Waals surface area contributed by atoms with Crippen molar-refractivity contribution >= 4 is 11.8 Å². The quantitative estimate of drug-likeness (QED) is 0.666. The molecule has 123 valence electrons. The summed E-state index contributed by atoms with van der Waals surface area (Å²) < 4.78 is 0. The summed E-state index contributed by atoms with van der Waals surface area (Å²) in [5.41, 5.74) is 0. The third-order valence-corrected chi connectivity index (χ3v) is 3.88. The summed E-state index contributed by atoms with van der Waals surface area (Å²) in [6, 6.07) is 0.0147. The van der Waals surface area contributed by atoms with Gasteiger partial charge in [-0.3, -0.25) is 15.7 Å². The van der Waals surface area contributed by atoms with Gasteiger partial charge in [0.2, 0.25) is 11.8 Å². The fourth-order valence-corrected chi connectivity index (χ4v) is 2.73. The number of carbonyl (C=O) groups excluding carboxylic acids is 2. The number of nitrogens with one attached hydrogen (secondary N) is 2. The van der Waals surface area contributed by atoms with Gasteiger partial charge in [0, 0.05) is 41.7 Å². The molecule has 4 nitrogen and oxygen atoms in total. The van der Waals surface area contributed by atoms with Crippen LogP contribution in [0.4, 0.5) is 0 Å². The molecule has 1 saturated heterocycles. The van der Waals surface area contributed by atoms with Gasteiger partial charge in [-0.2, -0.15) is 0 Å². The van der Waals surface area contributed by atoms with Crippen LogP contribution >= 0.6 is 0 Å². The standard InChI is InChI=1S/C16H27N2O2.Co/c1-5-12(10-13-7-8-17-16(13)20)14(9-11(3)4)18-15(19)6-2;/h1,5,11-14H,6-10H2,2-4H3,(H,17,20)(H,18,19);/q-1;/t12-,13+,14+;/m1./s1. The summed E-state index contributed by atoms with van der Waals surface area (Å²) in [4.78, 5) is 23.4. The molecule has 1 aliphatic rings. The molecular weight excluding hydrogens is 311 g/mol. The first-order chi connectivity index (χ1) is 9.47. The summed E-state index contributed by atoms with van der Waals surface area (Å²) in [5, 5.41) is 5.91. The molecule has 0 aliphatic carbocycles. The van der Waals surface area contributed by atoms with E-state index in [0.29, 0.717) is 18.8 Å². The topological polar surface area (TPSA) is 58.2 Å². The summed E-state index contributed by atoms with van der Waals surface area (Å²) >= 11 is 0. The predicted molar refractivity (Wildman–Crippen MR) is 79.8 cm³/mol. The van der Waals surface area contributed by atoms with Gasteiger partial charge < -0.3 is 17.2 Å². The van der Waals surface area contributed by atoms with E-state index in [1.807, 2.05) is 6.92 Å². The van der Waals surface area contributed by atoms with Gasteiger partial charge in [-0.15, -0.1) is 0 Å². The second-order valence-electron chi connectivity index (χ2n) is 6.03. The van der Waals surface area contributed by atoms with Crippen molar-refractivity contribution in [2.75, 3.05) is 6.54 Å². The Labute approximate surface area is 138 Å². The molecule has 2 N–H and O–H groups in total. The smallest absolute Gasteiger partial charge is 0.223 e. The molecular formula is C16H27CoN2O2-. The first-order valence-corrected chi connectivity index (χ1v) is 7.60. The SMILES string of the molecule is [CH-]=C[C@H](C[C@@H]1CCNC1=O)[C@H](CC(C)C)NC(=O)CC.[Co]. The maximum atomic E-state index is 11.7. The first kappa shape index (κ1) is 20.2. The Bertz CT molecular complexity index is 358. The Hall–Kier alpha value is -0.814. The van der Waals surface area contributed by atoms with Crippen molar-refractivity contribution in [1.29, 1.82) is 0 Å². The number of rotatable bonds is 8. The molecule has 0 aromatic rings. The van der Waals surface area contributed by atoms with E-state index in [9.17, 15) is 9.59 Å². The van der Waals surface area contributed by atoms with E-state index >= 15 is 0 Å². The molecule has 2 amide bonds. The zero-order chi connectivity index (χ0) is 15.1. The van der Waals surface area contributed by atoms with Crippen molar-refractivity contribution in [1.82, 2.24) is 10.6 Å². The monoisotopic (exact) mass is 338 g/mol. The maximum Gasteiger partial charge on any atom is 0.223 e.